The van der Waals surface area contributed by atoms with Crippen molar-refractivity contribution in [2.75, 3.05) is 32.7 Å². The molecule has 4 saturated heterocycles. The average Bonchev–Trinajstić information content (AvgIpc) is 3.46. The molecule has 4 aliphatic heterocycles. The minimum atomic E-state index is -3.40. The largest absolute Gasteiger partial charge is 0.342 e. The van der Waals surface area contributed by atoms with Crippen LogP contribution in [0.15, 0.2) is 35.2 Å². The molecule has 4 atom stereocenters. The third-order valence-corrected chi connectivity index (χ3v) is 10.2. The third-order valence-electron chi connectivity index (χ3n) is 8.26. The molecule has 0 radical (unpaired) electrons. The van der Waals surface area contributed by atoms with Gasteiger partial charge in [-0.15, -0.1) is 0 Å². The van der Waals surface area contributed by atoms with Crippen LogP contribution in [0.1, 0.15) is 45.4 Å². The third kappa shape index (κ3) is 4.11. The molecule has 7 nitrogen and oxygen atoms in total. The lowest BCUT2D eigenvalue weighted by atomic mass is 9.74. The highest BCUT2D eigenvalue weighted by Crippen LogP contribution is 2.40. The number of carbonyl (C=O) groups is 1. The second kappa shape index (κ2) is 9.05. The lowest BCUT2D eigenvalue weighted by Crippen LogP contribution is -2.49. The molecular weight excluding hydrogens is 424 g/mol. The van der Waals surface area contributed by atoms with Crippen molar-refractivity contribution in [3.8, 4) is 0 Å². The molecule has 1 aromatic carbocycles. The highest BCUT2D eigenvalue weighted by atomic mass is 32.2. The van der Waals surface area contributed by atoms with Crippen LogP contribution in [0.25, 0.3) is 0 Å². The van der Waals surface area contributed by atoms with E-state index in [0.717, 1.165) is 58.2 Å². The van der Waals surface area contributed by atoms with Crippen LogP contribution in [0, 0.1) is 17.8 Å². The summed E-state index contributed by atoms with van der Waals surface area (Å²) in [5.74, 6) is 1.48. The van der Waals surface area contributed by atoms with Crippen molar-refractivity contribution in [2.45, 2.75) is 62.4 Å². The topological polar surface area (TPSA) is 73.0 Å². The predicted molar refractivity (Wildman–Crippen MR) is 123 cm³/mol. The molecule has 32 heavy (non-hydrogen) atoms. The molecule has 1 N–H and O–H groups in total. The lowest BCUT2D eigenvalue weighted by molar-refractivity contribution is -0.136. The van der Waals surface area contributed by atoms with E-state index >= 15 is 0 Å². The first kappa shape index (κ1) is 22.3. The van der Waals surface area contributed by atoms with Gasteiger partial charge in [-0.3, -0.25) is 10.2 Å². The van der Waals surface area contributed by atoms with Crippen molar-refractivity contribution < 1.29 is 13.2 Å². The molecule has 0 bridgehead atoms. The SMILES string of the molecule is CC1NN2CCC(C3CCN(S(=O)(=O)c4ccccc4)CC3)CC2C1C(=O)N1CCCC1. The highest BCUT2D eigenvalue weighted by Gasteiger charge is 2.49. The number of sulfonamides is 1. The molecule has 4 unspecified atom stereocenters. The Hall–Kier alpha value is -1.48. The van der Waals surface area contributed by atoms with E-state index in [1.165, 1.54) is 0 Å². The van der Waals surface area contributed by atoms with Gasteiger partial charge < -0.3 is 4.90 Å². The smallest absolute Gasteiger partial charge is 0.243 e. The van der Waals surface area contributed by atoms with E-state index in [0.29, 0.717) is 35.7 Å². The van der Waals surface area contributed by atoms with Crippen LogP contribution in [-0.2, 0) is 14.8 Å². The van der Waals surface area contributed by atoms with Crippen molar-refractivity contribution in [3.05, 3.63) is 30.3 Å². The maximum Gasteiger partial charge on any atom is 0.243 e. The zero-order chi connectivity index (χ0) is 22.3. The fourth-order valence-electron chi connectivity index (χ4n) is 6.49. The predicted octanol–water partition coefficient (Wildman–Crippen LogP) is 2.31. The maximum absolute atomic E-state index is 13.3. The number of rotatable bonds is 4. The van der Waals surface area contributed by atoms with Gasteiger partial charge in [-0.1, -0.05) is 18.2 Å². The number of benzene rings is 1. The van der Waals surface area contributed by atoms with Crippen molar-refractivity contribution in [3.63, 3.8) is 0 Å². The molecule has 4 fully saturated rings. The first-order valence-corrected chi connectivity index (χ1v) is 13.8. The second-order valence-corrected chi connectivity index (χ2v) is 12.0. The van der Waals surface area contributed by atoms with E-state index in [1.54, 1.807) is 28.6 Å². The lowest BCUT2D eigenvalue weighted by Gasteiger charge is -2.42. The van der Waals surface area contributed by atoms with Gasteiger partial charge in [-0.25, -0.2) is 13.4 Å². The number of nitrogens with zero attached hydrogens (tertiary/aromatic N) is 3. The second-order valence-electron chi connectivity index (χ2n) is 10.1. The molecule has 4 heterocycles. The summed E-state index contributed by atoms with van der Waals surface area (Å²) in [4.78, 5) is 15.7. The zero-order valence-corrected chi connectivity index (χ0v) is 19.8. The van der Waals surface area contributed by atoms with E-state index in [2.05, 4.69) is 22.3 Å². The van der Waals surface area contributed by atoms with Crippen LogP contribution in [0.5, 0.6) is 0 Å². The number of nitrogens with one attached hydrogen (secondary N) is 1. The number of carbonyl (C=O) groups excluding carboxylic acids is 1. The van der Waals surface area contributed by atoms with Gasteiger partial charge >= 0.3 is 0 Å². The molecule has 8 heteroatoms. The van der Waals surface area contributed by atoms with Gasteiger partial charge in [-0.05, 0) is 69.4 Å². The Labute approximate surface area is 192 Å². The summed E-state index contributed by atoms with van der Waals surface area (Å²) in [5.41, 5.74) is 3.58. The van der Waals surface area contributed by atoms with Crippen molar-refractivity contribution in [1.82, 2.24) is 19.6 Å². The molecule has 5 rings (SSSR count). The summed E-state index contributed by atoms with van der Waals surface area (Å²) in [7, 11) is -3.40. The molecule has 0 saturated carbocycles. The molecule has 4 aliphatic rings. The minimum absolute atomic E-state index is 0.0365. The summed E-state index contributed by atoms with van der Waals surface area (Å²) in [6, 6.07) is 9.23. The Kier molecular flexibility index (Phi) is 6.31. The van der Waals surface area contributed by atoms with Crippen LogP contribution in [0.3, 0.4) is 0 Å². The monoisotopic (exact) mass is 460 g/mol. The van der Waals surface area contributed by atoms with Crippen LogP contribution in [-0.4, -0.2) is 73.3 Å². The molecule has 1 amide bonds. The van der Waals surface area contributed by atoms with Gasteiger partial charge in [0.15, 0.2) is 0 Å². The van der Waals surface area contributed by atoms with Crippen molar-refractivity contribution in [2.24, 2.45) is 17.8 Å². The van der Waals surface area contributed by atoms with Gasteiger partial charge in [0.05, 0.1) is 10.8 Å². The quantitative estimate of drug-likeness (QED) is 0.747. The molecule has 0 aromatic heterocycles. The summed E-state index contributed by atoms with van der Waals surface area (Å²) in [6.45, 7) is 6.14. The van der Waals surface area contributed by atoms with Gasteiger partial charge in [0.2, 0.25) is 15.9 Å². The zero-order valence-electron chi connectivity index (χ0n) is 19.0. The molecule has 176 valence electrons. The minimum Gasteiger partial charge on any atom is -0.342 e. The van der Waals surface area contributed by atoms with Crippen LogP contribution in [0.4, 0.5) is 0 Å². The maximum atomic E-state index is 13.3. The van der Waals surface area contributed by atoms with Crippen molar-refractivity contribution >= 4 is 15.9 Å². The Bertz CT molecular complexity index is 910. The van der Waals surface area contributed by atoms with Crippen LogP contribution in [0.2, 0.25) is 0 Å². The van der Waals surface area contributed by atoms with E-state index in [1.807, 2.05) is 6.07 Å². The van der Waals surface area contributed by atoms with E-state index in [4.69, 9.17) is 0 Å². The Morgan fingerprint density at radius 1 is 0.938 bits per heavy atom. The van der Waals surface area contributed by atoms with Crippen LogP contribution < -0.4 is 5.43 Å². The standard InChI is InChI=1S/C24H36N4O3S/c1-18-23(24(29)26-12-5-6-13-26)22-17-20(11-16-28(22)25-18)19-9-14-27(15-10-19)32(30,31)21-7-3-2-4-8-21/h2-4,7-8,18-20,22-23,25H,5-6,9-17H2,1H3. The molecular formula is C24H36N4O3S. The number of amides is 1. The van der Waals surface area contributed by atoms with Gasteiger partial charge in [0, 0.05) is 44.8 Å². The number of fused-ring (bicyclic) bond motifs is 1. The fraction of sp³-hybridized carbons (Fsp3) is 0.708. The molecule has 0 spiro atoms. The van der Waals surface area contributed by atoms with Gasteiger partial charge in [0.1, 0.15) is 0 Å². The highest BCUT2D eigenvalue weighted by molar-refractivity contribution is 7.89. The number of hydrogen-bond acceptors (Lipinski definition) is 5. The Balaban J connectivity index is 1.22. The summed E-state index contributed by atoms with van der Waals surface area (Å²) < 4.78 is 27.6. The fourth-order valence-corrected chi connectivity index (χ4v) is 7.98. The number of piperidine rings is 2. The summed E-state index contributed by atoms with van der Waals surface area (Å²) in [5, 5.41) is 2.33. The summed E-state index contributed by atoms with van der Waals surface area (Å²) >= 11 is 0. The van der Waals surface area contributed by atoms with Gasteiger partial charge in [0.25, 0.3) is 0 Å². The Morgan fingerprint density at radius 2 is 1.59 bits per heavy atom. The molecule has 0 aliphatic carbocycles. The van der Waals surface area contributed by atoms with E-state index in [9.17, 15) is 13.2 Å². The van der Waals surface area contributed by atoms with Crippen LogP contribution >= 0.6 is 0 Å². The van der Waals surface area contributed by atoms with E-state index in [-0.39, 0.29) is 18.0 Å². The number of hydrogen-bond donors (Lipinski definition) is 1. The average molecular weight is 461 g/mol. The van der Waals surface area contributed by atoms with Crippen molar-refractivity contribution in [1.29, 1.82) is 0 Å². The number of likely N-dealkylation sites (tertiary alicyclic amines) is 1. The first-order valence-electron chi connectivity index (χ1n) is 12.3. The summed E-state index contributed by atoms with van der Waals surface area (Å²) in [6.07, 6.45) is 6.24. The van der Waals surface area contributed by atoms with E-state index < -0.39 is 10.0 Å². The normalized spacial score (nSPS) is 32.8. The Morgan fingerprint density at radius 3 is 2.28 bits per heavy atom. The molecule has 1 aromatic rings. The first-order chi connectivity index (χ1) is 15.4. The number of hydrazine groups is 1. The van der Waals surface area contributed by atoms with Gasteiger partial charge in [-0.2, -0.15) is 4.31 Å².